The minimum atomic E-state index is -1.15. The third-order valence-electron chi connectivity index (χ3n) is 4.41. The van der Waals surface area contributed by atoms with E-state index in [4.69, 9.17) is 0 Å². The van der Waals surface area contributed by atoms with Gasteiger partial charge in [0, 0.05) is 4.47 Å². The number of hydrogen-bond donors (Lipinski definition) is 3. The van der Waals surface area contributed by atoms with Crippen molar-refractivity contribution >= 4 is 39.6 Å². The SMILES string of the molecule is CC1(CCc2ccccc2)NC(=O)N(NC(=O)Nc2ccc(Br)cc2F)C1=O. The lowest BCUT2D eigenvalue weighted by atomic mass is 9.93. The van der Waals surface area contributed by atoms with Gasteiger partial charge in [-0.15, -0.1) is 0 Å². The molecule has 5 amide bonds. The molecule has 0 saturated carbocycles. The first-order valence-electron chi connectivity index (χ1n) is 8.52. The Labute approximate surface area is 169 Å². The van der Waals surface area contributed by atoms with E-state index in [1.54, 1.807) is 13.0 Å². The molecule has 1 aliphatic rings. The summed E-state index contributed by atoms with van der Waals surface area (Å²) in [6, 6.07) is 12.0. The summed E-state index contributed by atoms with van der Waals surface area (Å²) in [5, 5.41) is 5.48. The number of hydrazine groups is 1. The summed E-state index contributed by atoms with van der Waals surface area (Å²) in [4.78, 5) is 37.0. The van der Waals surface area contributed by atoms with Crippen LogP contribution in [-0.2, 0) is 11.2 Å². The van der Waals surface area contributed by atoms with Crippen LogP contribution in [0, 0.1) is 5.82 Å². The van der Waals surface area contributed by atoms with Gasteiger partial charge >= 0.3 is 12.1 Å². The van der Waals surface area contributed by atoms with Gasteiger partial charge in [-0.1, -0.05) is 46.3 Å². The van der Waals surface area contributed by atoms with E-state index >= 15 is 0 Å². The number of benzene rings is 2. The molecule has 0 aliphatic carbocycles. The predicted molar refractivity (Wildman–Crippen MR) is 105 cm³/mol. The number of carbonyl (C=O) groups is 3. The number of urea groups is 2. The van der Waals surface area contributed by atoms with E-state index in [0.717, 1.165) is 5.56 Å². The van der Waals surface area contributed by atoms with Gasteiger partial charge in [-0.2, -0.15) is 5.01 Å². The lowest BCUT2D eigenvalue weighted by Crippen LogP contribution is -2.50. The number of aryl methyl sites for hydroxylation is 1. The number of amides is 5. The largest absolute Gasteiger partial charge is 0.344 e. The molecule has 0 bridgehead atoms. The quantitative estimate of drug-likeness (QED) is 0.610. The molecular formula is C19H18BrFN4O3. The number of anilines is 1. The van der Waals surface area contributed by atoms with Gasteiger partial charge in [0.1, 0.15) is 11.4 Å². The van der Waals surface area contributed by atoms with Crippen LogP contribution in [0.4, 0.5) is 19.7 Å². The Bertz CT molecular complexity index is 925. The van der Waals surface area contributed by atoms with Crippen LogP contribution in [0.15, 0.2) is 53.0 Å². The molecule has 0 aromatic heterocycles. The Balaban J connectivity index is 1.63. The van der Waals surface area contributed by atoms with Crippen LogP contribution in [0.25, 0.3) is 0 Å². The van der Waals surface area contributed by atoms with Crippen LogP contribution < -0.4 is 16.1 Å². The van der Waals surface area contributed by atoms with Crippen molar-refractivity contribution in [2.45, 2.75) is 25.3 Å². The minimum absolute atomic E-state index is 0.0837. The maximum atomic E-state index is 13.8. The highest BCUT2D eigenvalue weighted by Crippen LogP contribution is 2.23. The third-order valence-corrected chi connectivity index (χ3v) is 4.90. The summed E-state index contributed by atoms with van der Waals surface area (Å²) >= 11 is 3.12. The molecule has 1 aliphatic heterocycles. The second-order valence-corrected chi connectivity index (χ2v) is 7.49. The van der Waals surface area contributed by atoms with E-state index in [0.29, 0.717) is 22.3 Å². The van der Waals surface area contributed by atoms with Crippen LogP contribution in [0.5, 0.6) is 0 Å². The molecule has 0 spiro atoms. The molecule has 28 heavy (non-hydrogen) atoms. The smallest absolute Gasteiger partial charge is 0.322 e. The fourth-order valence-electron chi connectivity index (χ4n) is 2.84. The number of rotatable bonds is 5. The van der Waals surface area contributed by atoms with Crippen molar-refractivity contribution in [2.75, 3.05) is 5.32 Å². The van der Waals surface area contributed by atoms with Crippen molar-refractivity contribution in [2.24, 2.45) is 0 Å². The first kappa shape index (κ1) is 19.8. The Morgan fingerprint density at radius 3 is 2.61 bits per heavy atom. The molecule has 1 heterocycles. The highest BCUT2D eigenvalue weighted by molar-refractivity contribution is 9.10. The van der Waals surface area contributed by atoms with Crippen molar-refractivity contribution in [3.05, 3.63) is 64.4 Å². The average molecular weight is 449 g/mol. The molecule has 9 heteroatoms. The standard InChI is InChI=1S/C19H18BrFN4O3/c1-19(10-9-12-5-3-2-4-6-12)16(26)25(18(28)23-19)24-17(27)22-15-8-7-13(20)11-14(15)21/h2-8,11H,9-10H2,1H3,(H,23,28)(H2,22,24,27). The van der Waals surface area contributed by atoms with Crippen LogP contribution in [0.3, 0.4) is 0 Å². The number of nitrogens with one attached hydrogen (secondary N) is 3. The van der Waals surface area contributed by atoms with Crippen molar-refractivity contribution < 1.29 is 18.8 Å². The zero-order valence-corrected chi connectivity index (χ0v) is 16.5. The van der Waals surface area contributed by atoms with E-state index in [2.05, 4.69) is 32.0 Å². The number of nitrogens with zero attached hydrogens (tertiary/aromatic N) is 1. The summed E-state index contributed by atoms with van der Waals surface area (Å²) in [5.41, 5.74) is 1.96. The first-order valence-corrected chi connectivity index (χ1v) is 9.31. The Hall–Kier alpha value is -2.94. The van der Waals surface area contributed by atoms with Gasteiger partial charge in [0.05, 0.1) is 5.69 Å². The maximum Gasteiger partial charge on any atom is 0.344 e. The Morgan fingerprint density at radius 1 is 1.21 bits per heavy atom. The number of hydrogen-bond acceptors (Lipinski definition) is 3. The molecule has 1 atom stereocenters. The molecule has 2 aromatic carbocycles. The lowest BCUT2D eigenvalue weighted by molar-refractivity contribution is -0.132. The van der Waals surface area contributed by atoms with Crippen molar-refractivity contribution in [1.82, 2.24) is 15.8 Å². The zero-order valence-electron chi connectivity index (χ0n) is 15.0. The van der Waals surface area contributed by atoms with E-state index in [9.17, 15) is 18.8 Å². The Morgan fingerprint density at radius 2 is 1.93 bits per heavy atom. The third kappa shape index (κ3) is 4.30. The lowest BCUT2D eigenvalue weighted by Gasteiger charge is -2.21. The minimum Gasteiger partial charge on any atom is -0.322 e. The van der Waals surface area contributed by atoms with Crippen LogP contribution >= 0.6 is 15.9 Å². The monoisotopic (exact) mass is 448 g/mol. The molecule has 1 fully saturated rings. The summed E-state index contributed by atoms with van der Waals surface area (Å²) in [5.74, 6) is -1.24. The number of halogens is 2. The second kappa shape index (κ2) is 7.97. The van der Waals surface area contributed by atoms with Gasteiger partial charge in [0.15, 0.2) is 0 Å². The van der Waals surface area contributed by atoms with Crippen molar-refractivity contribution in [3.63, 3.8) is 0 Å². The Kier molecular flexibility index (Phi) is 5.64. The number of carbonyl (C=O) groups excluding carboxylic acids is 3. The topological polar surface area (TPSA) is 90.5 Å². The second-order valence-electron chi connectivity index (χ2n) is 6.58. The van der Waals surface area contributed by atoms with E-state index < -0.39 is 29.3 Å². The molecular weight excluding hydrogens is 431 g/mol. The summed E-state index contributed by atoms with van der Waals surface area (Å²) in [6.45, 7) is 1.60. The van der Waals surface area contributed by atoms with Crippen LogP contribution in [-0.4, -0.2) is 28.5 Å². The highest BCUT2D eigenvalue weighted by atomic mass is 79.9. The maximum absolute atomic E-state index is 13.8. The van der Waals surface area contributed by atoms with Gasteiger partial charge < -0.3 is 10.6 Å². The average Bonchev–Trinajstić information content (AvgIpc) is 2.87. The molecule has 3 N–H and O–H groups in total. The zero-order chi connectivity index (χ0) is 20.3. The fraction of sp³-hybridized carbons (Fsp3) is 0.211. The molecule has 2 aromatic rings. The predicted octanol–water partition coefficient (Wildman–Crippen LogP) is 3.57. The van der Waals surface area contributed by atoms with Crippen molar-refractivity contribution in [3.8, 4) is 0 Å². The van der Waals surface area contributed by atoms with Gasteiger partial charge in [0.2, 0.25) is 0 Å². The summed E-state index contributed by atoms with van der Waals surface area (Å²) in [7, 11) is 0. The number of imide groups is 1. The van der Waals surface area contributed by atoms with Crippen molar-refractivity contribution in [1.29, 1.82) is 0 Å². The van der Waals surface area contributed by atoms with E-state index in [1.165, 1.54) is 12.1 Å². The molecule has 1 unspecified atom stereocenters. The molecule has 3 rings (SSSR count). The molecule has 1 saturated heterocycles. The summed E-state index contributed by atoms with van der Waals surface area (Å²) in [6.07, 6.45) is 0.941. The van der Waals surface area contributed by atoms with E-state index in [1.807, 2.05) is 30.3 Å². The molecule has 0 radical (unpaired) electrons. The van der Waals surface area contributed by atoms with E-state index in [-0.39, 0.29) is 5.69 Å². The molecule has 146 valence electrons. The van der Waals surface area contributed by atoms with Crippen LogP contribution in [0.2, 0.25) is 0 Å². The normalized spacial score (nSPS) is 18.8. The van der Waals surface area contributed by atoms with Gasteiger partial charge in [0.25, 0.3) is 5.91 Å². The highest BCUT2D eigenvalue weighted by Gasteiger charge is 2.48. The summed E-state index contributed by atoms with van der Waals surface area (Å²) < 4.78 is 14.3. The van der Waals surface area contributed by atoms with Gasteiger partial charge in [-0.05, 0) is 43.5 Å². The van der Waals surface area contributed by atoms with Crippen LogP contribution in [0.1, 0.15) is 18.9 Å². The first-order chi connectivity index (χ1) is 13.3. The fourth-order valence-corrected chi connectivity index (χ4v) is 3.17. The van der Waals surface area contributed by atoms with Gasteiger partial charge in [-0.3, -0.25) is 4.79 Å². The molecule has 7 nitrogen and oxygen atoms in total. The van der Waals surface area contributed by atoms with Gasteiger partial charge in [-0.25, -0.2) is 19.4 Å².